The Morgan fingerprint density at radius 3 is 2.58 bits per heavy atom. The van der Waals surface area contributed by atoms with E-state index in [0.717, 1.165) is 4.31 Å². The van der Waals surface area contributed by atoms with Crippen LogP contribution in [0.5, 0.6) is 5.75 Å². The van der Waals surface area contributed by atoms with Crippen molar-refractivity contribution >= 4 is 21.7 Å². The molecule has 106 valence electrons. The molecule has 0 saturated carbocycles. The van der Waals surface area contributed by atoms with Gasteiger partial charge in [0.2, 0.25) is 0 Å². The van der Waals surface area contributed by atoms with Crippen LogP contribution in [-0.4, -0.2) is 45.0 Å². The molecule has 8 nitrogen and oxygen atoms in total. The first kappa shape index (κ1) is 15.1. The summed E-state index contributed by atoms with van der Waals surface area (Å²) in [6.07, 6.45) is 0. The van der Waals surface area contributed by atoms with Crippen molar-refractivity contribution in [1.82, 2.24) is 4.31 Å². The Labute approximate surface area is 111 Å². The van der Waals surface area contributed by atoms with Gasteiger partial charge in [-0.05, 0) is 18.2 Å². The predicted octanol–water partition coefficient (Wildman–Crippen LogP) is 0.00800. The molecule has 0 radical (unpaired) electrons. The van der Waals surface area contributed by atoms with Crippen LogP contribution in [0.2, 0.25) is 0 Å². The lowest BCUT2D eigenvalue weighted by Crippen LogP contribution is -2.29. The summed E-state index contributed by atoms with van der Waals surface area (Å²) in [5.41, 5.74) is 6.11. The van der Waals surface area contributed by atoms with Crippen molar-refractivity contribution in [2.24, 2.45) is 10.9 Å². The van der Waals surface area contributed by atoms with E-state index in [-0.39, 0.29) is 17.3 Å². The van der Waals surface area contributed by atoms with Crippen LogP contribution in [0.1, 0.15) is 5.56 Å². The van der Waals surface area contributed by atoms with E-state index in [1.54, 1.807) is 0 Å². The molecule has 19 heavy (non-hydrogen) atoms. The molecule has 0 saturated heterocycles. The Morgan fingerprint density at radius 1 is 1.47 bits per heavy atom. The smallest absolute Gasteiger partial charge is 0.301 e. The van der Waals surface area contributed by atoms with Crippen molar-refractivity contribution in [3.63, 3.8) is 0 Å². The van der Waals surface area contributed by atoms with E-state index in [2.05, 4.69) is 9.88 Å². The van der Waals surface area contributed by atoms with E-state index in [0.29, 0.717) is 5.56 Å². The molecule has 1 rings (SSSR count). The minimum absolute atomic E-state index is 0.0969. The minimum atomic E-state index is -3.63. The first-order chi connectivity index (χ1) is 8.81. The van der Waals surface area contributed by atoms with Crippen molar-refractivity contribution < 1.29 is 18.4 Å². The second-order valence-corrected chi connectivity index (χ2v) is 5.67. The molecular formula is C10H16N4O4S. The third kappa shape index (κ3) is 3.48. The molecule has 0 unspecified atom stereocenters. The van der Waals surface area contributed by atoms with E-state index in [9.17, 15) is 8.42 Å². The number of nitrogens with one attached hydrogen (secondary N) is 1. The normalized spacial score (nSPS) is 12.5. The highest BCUT2D eigenvalue weighted by Crippen LogP contribution is 2.26. The Kier molecular flexibility index (Phi) is 4.57. The van der Waals surface area contributed by atoms with Gasteiger partial charge in [-0.3, -0.25) is 4.72 Å². The van der Waals surface area contributed by atoms with Crippen LogP contribution < -0.4 is 15.2 Å². The van der Waals surface area contributed by atoms with Crippen molar-refractivity contribution in [1.29, 1.82) is 0 Å². The van der Waals surface area contributed by atoms with Crippen LogP contribution in [-0.2, 0) is 10.2 Å². The molecule has 0 aromatic heterocycles. The van der Waals surface area contributed by atoms with Gasteiger partial charge >= 0.3 is 10.2 Å². The van der Waals surface area contributed by atoms with E-state index >= 15 is 0 Å². The third-order valence-electron chi connectivity index (χ3n) is 2.32. The second kappa shape index (κ2) is 5.76. The number of ether oxygens (including phenoxy) is 1. The zero-order chi connectivity index (χ0) is 14.6. The van der Waals surface area contributed by atoms with Gasteiger partial charge in [0.25, 0.3) is 0 Å². The highest BCUT2D eigenvalue weighted by atomic mass is 32.2. The molecule has 0 aliphatic rings. The Morgan fingerprint density at radius 2 is 2.11 bits per heavy atom. The van der Waals surface area contributed by atoms with Gasteiger partial charge in [-0.1, -0.05) is 5.16 Å². The molecule has 1 aromatic rings. The van der Waals surface area contributed by atoms with Crippen LogP contribution in [0.4, 0.5) is 5.69 Å². The monoisotopic (exact) mass is 288 g/mol. The highest BCUT2D eigenvalue weighted by molar-refractivity contribution is 7.90. The summed E-state index contributed by atoms with van der Waals surface area (Å²) in [6.45, 7) is 0. The quantitative estimate of drug-likeness (QED) is 0.305. The number of amidine groups is 1. The summed E-state index contributed by atoms with van der Waals surface area (Å²) < 4.78 is 31.9. The van der Waals surface area contributed by atoms with Crippen LogP contribution in [0.25, 0.3) is 0 Å². The zero-order valence-corrected chi connectivity index (χ0v) is 11.6. The van der Waals surface area contributed by atoms with Gasteiger partial charge in [-0.2, -0.15) is 12.7 Å². The van der Waals surface area contributed by atoms with E-state index in [4.69, 9.17) is 15.7 Å². The van der Waals surface area contributed by atoms with Crippen LogP contribution in [0.15, 0.2) is 23.4 Å². The van der Waals surface area contributed by atoms with Crippen LogP contribution in [0, 0.1) is 0 Å². The number of nitrogens with two attached hydrogens (primary N) is 1. The molecule has 4 N–H and O–H groups in total. The third-order valence-corrected chi connectivity index (χ3v) is 3.76. The number of hydrogen-bond donors (Lipinski definition) is 3. The van der Waals surface area contributed by atoms with Crippen LogP contribution in [0.3, 0.4) is 0 Å². The Balaban J connectivity index is 3.17. The largest absolute Gasteiger partial charge is 0.495 e. The zero-order valence-electron chi connectivity index (χ0n) is 10.8. The molecule has 0 amide bonds. The lowest BCUT2D eigenvalue weighted by atomic mass is 10.2. The van der Waals surface area contributed by atoms with E-state index in [1.807, 2.05) is 0 Å². The molecular weight excluding hydrogens is 272 g/mol. The summed E-state index contributed by atoms with van der Waals surface area (Å²) >= 11 is 0. The number of rotatable bonds is 5. The first-order valence-electron chi connectivity index (χ1n) is 5.18. The lowest BCUT2D eigenvalue weighted by molar-refractivity contribution is 0.318. The van der Waals surface area contributed by atoms with Gasteiger partial charge in [0.1, 0.15) is 5.75 Å². The minimum Gasteiger partial charge on any atom is -0.495 e. The van der Waals surface area contributed by atoms with Gasteiger partial charge < -0.3 is 15.7 Å². The lowest BCUT2D eigenvalue weighted by Gasteiger charge is -2.16. The maximum absolute atomic E-state index is 11.7. The summed E-state index contributed by atoms with van der Waals surface area (Å²) in [5.74, 6) is 0.162. The molecule has 9 heteroatoms. The second-order valence-electron chi connectivity index (χ2n) is 3.79. The summed E-state index contributed by atoms with van der Waals surface area (Å²) in [4.78, 5) is 0. The number of anilines is 1. The highest BCUT2D eigenvalue weighted by Gasteiger charge is 2.16. The molecule has 0 aliphatic heterocycles. The van der Waals surface area contributed by atoms with E-state index < -0.39 is 10.2 Å². The number of oxime groups is 1. The van der Waals surface area contributed by atoms with Gasteiger partial charge in [0, 0.05) is 19.7 Å². The van der Waals surface area contributed by atoms with Gasteiger partial charge in [-0.15, -0.1) is 0 Å². The Hall–Kier alpha value is -2.00. The number of methoxy groups -OCH3 is 1. The topological polar surface area (TPSA) is 117 Å². The number of benzene rings is 1. The maximum atomic E-state index is 11.7. The fraction of sp³-hybridized carbons (Fsp3) is 0.300. The summed E-state index contributed by atoms with van der Waals surface area (Å²) in [6, 6.07) is 4.43. The van der Waals surface area contributed by atoms with Crippen molar-refractivity contribution in [3.8, 4) is 5.75 Å². The van der Waals surface area contributed by atoms with E-state index in [1.165, 1.54) is 39.4 Å². The standard InChI is InChI=1S/C10H16N4O4S/c1-14(2)19(16,17)13-8-5-4-7(10(11)12-15)6-9(8)18-3/h4-6,13,15H,1-3H3,(H2,11,12). The molecule has 0 spiro atoms. The molecule has 0 fully saturated rings. The van der Waals surface area contributed by atoms with Gasteiger partial charge in [0.15, 0.2) is 5.84 Å². The summed E-state index contributed by atoms with van der Waals surface area (Å²) in [7, 11) is 0.562. The Bertz CT molecular complexity index is 583. The van der Waals surface area contributed by atoms with Crippen molar-refractivity contribution in [3.05, 3.63) is 23.8 Å². The van der Waals surface area contributed by atoms with Crippen molar-refractivity contribution in [2.45, 2.75) is 0 Å². The molecule has 0 atom stereocenters. The number of hydrogen-bond acceptors (Lipinski definition) is 5. The average Bonchev–Trinajstić information content (AvgIpc) is 2.37. The van der Waals surface area contributed by atoms with Gasteiger partial charge in [0.05, 0.1) is 12.8 Å². The van der Waals surface area contributed by atoms with Crippen molar-refractivity contribution in [2.75, 3.05) is 25.9 Å². The fourth-order valence-electron chi connectivity index (χ4n) is 1.22. The SMILES string of the molecule is COc1cc(/C(N)=N/O)ccc1NS(=O)(=O)N(C)C. The molecule has 0 bridgehead atoms. The first-order valence-corrected chi connectivity index (χ1v) is 6.62. The molecule has 1 aromatic carbocycles. The number of nitrogens with zero attached hydrogens (tertiary/aromatic N) is 2. The fourth-order valence-corrected chi connectivity index (χ4v) is 1.85. The summed E-state index contributed by atoms with van der Waals surface area (Å²) in [5, 5.41) is 11.4. The van der Waals surface area contributed by atoms with Crippen LogP contribution >= 0.6 is 0 Å². The van der Waals surface area contributed by atoms with Gasteiger partial charge in [-0.25, -0.2) is 0 Å². The predicted molar refractivity (Wildman–Crippen MR) is 71.7 cm³/mol. The maximum Gasteiger partial charge on any atom is 0.301 e. The molecule has 0 aliphatic carbocycles. The molecule has 0 heterocycles. The average molecular weight is 288 g/mol.